The number of fused-ring (bicyclic) bond motifs is 2. The zero-order valence-corrected chi connectivity index (χ0v) is 39.9. The fraction of sp³-hybridized carbons (Fsp3) is 0.365. The van der Waals surface area contributed by atoms with Crippen molar-refractivity contribution in [3.63, 3.8) is 0 Å². The largest absolute Gasteiger partial charge is 0.381 e. The van der Waals surface area contributed by atoms with Gasteiger partial charge >= 0.3 is 0 Å². The molecule has 19 nitrogen and oxygen atoms in total. The summed E-state index contributed by atoms with van der Waals surface area (Å²) in [6.45, 7) is 4.46. The van der Waals surface area contributed by atoms with Gasteiger partial charge in [0.1, 0.15) is 23.4 Å². The number of unbranched alkanes of at least 4 members (excludes halogenated alkanes) is 2. The SMILES string of the molecule is O=C1CCC(N2C(=O)c3cccc(NCc4cn(CCCCCC(=O)N5CCN(c6ccc(C(=O)Nc7n[nH]c8ccc(Cc9cc(F)cc(F)c9)cc78)c(NC7CCOCC7)c6)CC5)nn4)c3C2=O)C(=O)N1. The van der Waals surface area contributed by atoms with Gasteiger partial charge in [-0.15, -0.1) is 5.10 Å². The van der Waals surface area contributed by atoms with Crippen LogP contribution in [0.3, 0.4) is 0 Å². The summed E-state index contributed by atoms with van der Waals surface area (Å²) in [6, 6.07) is 18.6. The van der Waals surface area contributed by atoms with Crippen LogP contribution in [0.2, 0.25) is 0 Å². The molecule has 0 spiro atoms. The number of anilines is 4. The number of carbonyl (C=O) groups is 6. The van der Waals surface area contributed by atoms with Crippen LogP contribution in [0.4, 0.5) is 31.7 Å². The normalized spacial score (nSPS) is 17.3. The van der Waals surface area contributed by atoms with E-state index in [0.717, 1.165) is 54.3 Å². The molecule has 10 rings (SSSR count). The molecule has 378 valence electrons. The number of hydrogen-bond acceptors (Lipinski definition) is 13. The van der Waals surface area contributed by atoms with Crippen LogP contribution >= 0.6 is 0 Å². The van der Waals surface area contributed by atoms with E-state index in [1.807, 2.05) is 41.3 Å². The van der Waals surface area contributed by atoms with Crippen molar-refractivity contribution >= 4 is 69.2 Å². The van der Waals surface area contributed by atoms with Crippen LogP contribution in [0.25, 0.3) is 10.9 Å². The Morgan fingerprint density at radius 3 is 2.42 bits per heavy atom. The highest BCUT2D eigenvalue weighted by Crippen LogP contribution is 2.34. The van der Waals surface area contributed by atoms with E-state index in [0.29, 0.717) is 104 Å². The zero-order valence-electron chi connectivity index (χ0n) is 39.9. The third kappa shape index (κ3) is 10.9. The highest BCUT2D eigenvalue weighted by atomic mass is 19.1. The van der Waals surface area contributed by atoms with Crippen molar-refractivity contribution in [2.75, 3.05) is 60.2 Å². The molecule has 3 fully saturated rings. The summed E-state index contributed by atoms with van der Waals surface area (Å²) in [5.41, 5.74) is 5.44. The second-order valence-corrected chi connectivity index (χ2v) is 18.8. The number of aromatic amines is 1. The number of amides is 6. The van der Waals surface area contributed by atoms with Crippen molar-refractivity contribution < 1.29 is 42.3 Å². The number of rotatable bonds is 17. The fourth-order valence-corrected chi connectivity index (χ4v) is 9.97. The topological polar surface area (TPSA) is 229 Å². The van der Waals surface area contributed by atoms with E-state index in [9.17, 15) is 37.5 Å². The van der Waals surface area contributed by atoms with E-state index in [-0.39, 0.29) is 48.4 Å². The number of imide groups is 2. The molecule has 0 saturated carbocycles. The van der Waals surface area contributed by atoms with E-state index < -0.39 is 41.3 Å². The van der Waals surface area contributed by atoms with Crippen LogP contribution in [0.1, 0.15) is 99.3 Å². The molecule has 1 atom stereocenters. The molecule has 21 heteroatoms. The van der Waals surface area contributed by atoms with Crippen molar-refractivity contribution in [1.29, 1.82) is 0 Å². The Bertz CT molecular complexity index is 3090. The van der Waals surface area contributed by atoms with Gasteiger partial charge in [0.2, 0.25) is 17.7 Å². The summed E-state index contributed by atoms with van der Waals surface area (Å²) >= 11 is 0. The highest BCUT2D eigenvalue weighted by molar-refractivity contribution is 6.25. The third-order valence-corrected chi connectivity index (χ3v) is 13.8. The Balaban J connectivity index is 0.690. The minimum Gasteiger partial charge on any atom is -0.381 e. The monoisotopic (exact) mass is 996 g/mol. The van der Waals surface area contributed by atoms with Gasteiger partial charge in [-0.1, -0.05) is 23.8 Å². The van der Waals surface area contributed by atoms with Crippen LogP contribution in [0.5, 0.6) is 0 Å². The maximum Gasteiger partial charge on any atom is 0.264 e. The molecule has 6 amide bonds. The van der Waals surface area contributed by atoms with Gasteiger partial charge in [0.25, 0.3) is 17.7 Å². The predicted molar refractivity (Wildman–Crippen MR) is 265 cm³/mol. The molecule has 73 heavy (non-hydrogen) atoms. The molecule has 2 aromatic heterocycles. The third-order valence-electron chi connectivity index (χ3n) is 13.8. The molecule has 0 aliphatic carbocycles. The van der Waals surface area contributed by atoms with E-state index in [2.05, 4.69) is 46.7 Å². The van der Waals surface area contributed by atoms with Gasteiger partial charge in [-0.3, -0.25) is 48.8 Å². The van der Waals surface area contributed by atoms with E-state index in [4.69, 9.17) is 4.74 Å². The smallest absolute Gasteiger partial charge is 0.264 e. The Labute approximate surface area is 418 Å². The highest BCUT2D eigenvalue weighted by Gasteiger charge is 2.45. The first kappa shape index (κ1) is 48.6. The average Bonchev–Trinajstić information content (AvgIpc) is 4.08. The van der Waals surface area contributed by atoms with Crippen LogP contribution in [0, 0.1) is 11.6 Å². The summed E-state index contributed by atoms with van der Waals surface area (Å²) in [4.78, 5) is 83.2. The molecule has 4 aromatic carbocycles. The molecular weight excluding hydrogens is 943 g/mol. The Morgan fingerprint density at radius 1 is 0.822 bits per heavy atom. The maximum absolute atomic E-state index is 14.0. The van der Waals surface area contributed by atoms with Crippen LogP contribution in [-0.2, 0) is 38.6 Å². The van der Waals surface area contributed by atoms with E-state index in [1.54, 1.807) is 29.1 Å². The minimum absolute atomic E-state index is 0.0384. The summed E-state index contributed by atoms with van der Waals surface area (Å²) in [5.74, 6) is -3.47. The maximum atomic E-state index is 14.0. The van der Waals surface area contributed by atoms with Gasteiger partial charge in [-0.25, -0.2) is 8.78 Å². The Morgan fingerprint density at radius 2 is 1.63 bits per heavy atom. The summed E-state index contributed by atoms with van der Waals surface area (Å²) in [6.07, 6.45) is 6.54. The molecule has 4 aliphatic rings. The van der Waals surface area contributed by atoms with Gasteiger partial charge in [0, 0.05) is 93.3 Å². The fourth-order valence-electron chi connectivity index (χ4n) is 9.97. The van der Waals surface area contributed by atoms with Gasteiger partial charge in [0.05, 0.1) is 34.9 Å². The van der Waals surface area contributed by atoms with Crippen LogP contribution in [-0.4, -0.2) is 122 Å². The van der Waals surface area contributed by atoms with Crippen LogP contribution < -0.4 is 26.2 Å². The molecule has 6 heterocycles. The number of halogens is 2. The molecule has 0 radical (unpaired) electrons. The van der Waals surface area contributed by atoms with Crippen molar-refractivity contribution in [1.82, 2.24) is 40.3 Å². The lowest BCUT2D eigenvalue weighted by atomic mass is 10.0. The first-order valence-corrected chi connectivity index (χ1v) is 24.7. The van der Waals surface area contributed by atoms with Gasteiger partial charge in [-0.05, 0) is 104 Å². The molecular formula is C52H54F2N12O7. The number of carbonyl (C=O) groups excluding carboxylic acids is 6. The summed E-state index contributed by atoms with van der Waals surface area (Å²) in [7, 11) is 0. The van der Waals surface area contributed by atoms with Crippen molar-refractivity contribution in [2.45, 2.75) is 83.0 Å². The number of benzene rings is 4. The number of ether oxygens (including phenoxy) is 1. The standard InChI is InChI=1S/C52H54F2N12O7/c53-33-24-32(25-34(54)27-33)23-31-8-11-41-40(26-31)48(61-60-41)58-49(69)38-10-9-37(28-43(38)56-35-14-21-73-22-15-35)63-17-19-64(20-18-63)46(68)7-2-1-3-16-65-30-36(59-62-65)29-55-42-6-4-5-39-47(42)52(72)66(51(39)71)44-12-13-45(67)57-50(44)70/h4-6,8-11,24-28,30,35,44,55-56H,1-3,7,12-23,29H2,(H,57,67,70)(H2,58,60,61,69). The number of nitrogens with one attached hydrogen (secondary N) is 5. The Kier molecular flexibility index (Phi) is 14.2. The van der Waals surface area contributed by atoms with E-state index >= 15 is 0 Å². The molecule has 1 unspecified atom stereocenters. The number of nitrogens with zero attached hydrogens (tertiary/aromatic N) is 7. The molecule has 5 N–H and O–H groups in total. The van der Waals surface area contributed by atoms with E-state index in [1.165, 1.54) is 12.1 Å². The summed E-state index contributed by atoms with van der Waals surface area (Å²) in [5, 5.41) is 28.5. The molecule has 0 bridgehead atoms. The zero-order chi connectivity index (χ0) is 50.6. The van der Waals surface area contributed by atoms with Crippen molar-refractivity contribution in [3.8, 4) is 0 Å². The van der Waals surface area contributed by atoms with Gasteiger partial charge in [-0.2, -0.15) is 5.10 Å². The van der Waals surface area contributed by atoms with Gasteiger partial charge < -0.3 is 30.5 Å². The average molecular weight is 997 g/mol. The molecule has 4 aliphatic heterocycles. The summed E-state index contributed by atoms with van der Waals surface area (Å²) < 4.78 is 35.2. The van der Waals surface area contributed by atoms with Crippen LogP contribution in [0.15, 0.2) is 79.0 Å². The molecule has 3 saturated heterocycles. The predicted octanol–water partition coefficient (Wildman–Crippen LogP) is 5.79. The number of H-pyrrole nitrogens is 1. The first-order chi connectivity index (χ1) is 35.4. The molecule has 6 aromatic rings. The lowest BCUT2D eigenvalue weighted by Gasteiger charge is -2.36. The quantitative estimate of drug-likeness (QED) is 0.0539. The number of aromatic nitrogens is 5. The number of piperidine rings is 1. The number of piperazine rings is 1. The number of aryl methyl sites for hydroxylation is 1. The second kappa shape index (κ2) is 21.3. The van der Waals surface area contributed by atoms with Crippen molar-refractivity contribution in [3.05, 3.63) is 124 Å². The number of hydrogen-bond donors (Lipinski definition) is 5. The Hall–Kier alpha value is -8.07. The van der Waals surface area contributed by atoms with Crippen molar-refractivity contribution in [2.24, 2.45) is 0 Å². The van der Waals surface area contributed by atoms with Gasteiger partial charge in [0.15, 0.2) is 5.82 Å². The second-order valence-electron chi connectivity index (χ2n) is 18.8. The minimum atomic E-state index is -1.05. The first-order valence-electron chi connectivity index (χ1n) is 24.7. The lowest BCUT2D eigenvalue weighted by molar-refractivity contribution is -0.136. The lowest BCUT2D eigenvalue weighted by Crippen LogP contribution is -2.54.